The van der Waals surface area contributed by atoms with E-state index in [1.165, 1.54) is 0 Å². The molecule has 2 aromatic rings. The fraction of sp³-hybridized carbons (Fsp3) is 0.333. The first kappa shape index (κ1) is 16.1. The highest BCUT2D eigenvalue weighted by molar-refractivity contribution is 6.01. The summed E-state index contributed by atoms with van der Waals surface area (Å²) in [6, 6.07) is 10.7. The van der Waals surface area contributed by atoms with Gasteiger partial charge in [-0.25, -0.2) is 4.79 Å². The minimum Gasteiger partial charge on any atom is -0.472 e. The number of carbonyl (C=O) groups is 2. The van der Waals surface area contributed by atoms with Crippen LogP contribution in [-0.4, -0.2) is 36.0 Å². The number of hydrogen-bond donors (Lipinski definition) is 1. The highest BCUT2D eigenvalue weighted by Crippen LogP contribution is 2.24. The van der Waals surface area contributed by atoms with Crippen LogP contribution in [0.3, 0.4) is 0 Å². The van der Waals surface area contributed by atoms with Crippen molar-refractivity contribution >= 4 is 17.6 Å². The van der Waals surface area contributed by atoms with Gasteiger partial charge in [0.1, 0.15) is 6.04 Å². The molecular formula is C18H21N3O3. The molecule has 1 atom stereocenters. The van der Waals surface area contributed by atoms with Gasteiger partial charge in [0.25, 0.3) is 0 Å². The van der Waals surface area contributed by atoms with Gasteiger partial charge in [-0.2, -0.15) is 0 Å². The van der Waals surface area contributed by atoms with Crippen LogP contribution in [0.25, 0.3) is 0 Å². The van der Waals surface area contributed by atoms with Gasteiger partial charge in [-0.1, -0.05) is 18.2 Å². The third-order valence-electron chi connectivity index (χ3n) is 4.25. The number of hydrogen-bond acceptors (Lipinski definition) is 3. The fourth-order valence-electron chi connectivity index (χ4n) is 3.00. The summed E-state index contributed by atoms with van der Waals surface area (Å²) in [6.45, 7) is 3.38. The molecule has 0 radical (unpaired) electrons. The van der Waals surface area contributed by atoms with Crippen molar-refractivity contribution in [3.8, 4) is 0 Å². The van der Waals surface area contributed by atoms with E-state index in [2.05, 4.69) is 5.32 Å². The van der Waals surface area contributed by atoms with Gasteiger partial charge in [-0.15, -0.1) is 0 Å². The maximum Gasteiger partial charge on any atom is 0.318 e. The minimum atomic E-state index is -0.417. The van der Waals surface area contributed by atoms with E-state index in [9.17, 15) is 9.59 Å². The lowest BCUT2D eigenvalue weighted by atomic mass is 10.2. The first-order valence-corrected chi connectivity index (χ1v) is 8.12. The van der Waals surface area contributed by atoms with Crippen LogP contribution < -0.4 is 10.2 Å². The van der Waals surface area contributed by atoms with Crippen LogP contribution in [0.15, 0.2) is 53.3 Å². The fourth-order valence-corrected chi connectivity index (χ4v) is 3.00. The van der Waals surface area contributed by atoms with Gasteiger partial charge < -0.3 is 19.5 Å². The van der Waals surface area contributed by atoms with Gasteiger partial charge in [0.2, 0.25) is 5.91 Å². The van der Waals surface area contributed by atoms with Crippen molar-refractivity contribution < 1.29 is 14.0 Å². The Labute approximate surface area is 141 Å². The van der Waals surface area contributed by atoms with Crippen molar-refractivity contribution in [2.75, 3.05) is 18.0 Å². The lowest BCUT2D eigenvalue weighted by molar-refractivity contribution is -0.120. The zero-order chi connectivity index (χ0) is 16.9. The maximum absolute atomic E-state index is 12.7. The Morgan fingerprint density at radius 2 is 2.12 bits per heavy atom. The molecule has 1 aromatic heterocycles. The predicted octanol–water partition coefficient (Wildman–Crippen LogP) is 2.62. The average Bonchev–Trinajstić information content (AvgIpc) is 3.25. The van der Waals surface area contributed by atoms with Gasteiger partial charge in [0.05, 0.1) is 12.5 Å². The Morgan fingerprint density at radius 3 is 2.79 bits per heavy atom. The quantitative estimate of drug-likeness (QED) is 0.918. The number of likely N-dealkylation sites (N-methyl/N-ethyl adjacent to an activating group) is 1. The van der Waals surface area contributed by atoms with Crippen molar-refractivity contribution in [3.05, 3.63) is 54.5 Å². The first-order valence-electron chi connectivity index (χ1n) is 8.12. The van der Waals surface area contributed by atoms with Crippen LogP contribution >= 0.6 is 0 Å². The molecule has 1 N–H and O–H groups in total. The second-order valence-electron chi connectivity index (χ2n) is 5.71. The number of para-hydroxylation sites is 1. The van der Waals surface area contributed by atoms with Gasteiger partial charge in [-0.05, 0) is 31.5 Å². The predicted molar refractivity (Wildman–Crippen MR) is 90.5 cm³/mol. The average molecular weight is 327 g/mol. The number of rotatable bonds is 5. The van der Waals surface area contributed by atoms with E-state index in [0.29, 0.717) is 26.1 Å². The van der Waals surface area contributed by atoms with Gasteiger partial charge >= 0.3 is 6.03 Å². The standard InChI is InChI=1S/C18H21N3O3/c1-2-20(18(23)19-12-14-9-11-24-13-14)16-8-10-21(17(16)22)15-6-4-3-5-7-15/h3-7,9,11,13,16H,2,8,10,12H2,1H3,(H,19,23)/t16-/m1/s1. The molecule has 0 spiro atoms. The van der Waals surface area contributed by atoms with Crippen LogP contribution in [-0.2, 0) is 11.3 Å². The van der Waals surface area contributed by atoms with Crippen molar-refractivity contribution in [3.63, 3.8) is 0 Å². The summed E-state index contributed by atoms with van der Waals surface area (Å²) in [5.74, 6) is -0.0264. The SMILES string of the molecule is CCN(C(=O)NCc1ccoc1)[C@@H]1CCN(c2ccccc2)C1=O. The third kappa shape index (κ3) is 3.27. The number of furan rings is 1. The van der Waals surface area contributed by atoms with Gasteiger partial charge in [-0.3, -0.25) is 4.79 Å². The highest BCUT2D eigenvalue weighted by Gasteiger charge is 2.38. The Hall–Kier alpha value is -2.76. The Kier molecular flexibility index (Phi) is 4.84. The van der Waals surface area contributed by atoms with Gasteiger partial charge in [0, 0.05) is 30.9 Å². The molecule has 6 heteroatoms. The minimum absolute atomic E-state index is 0.0264. The Balaban J connectivity index is 1.65. The third-order valence-corrected chi connectivity index (χ3v) is 4.25. The summed E-state index contributed by atoms with van der Waals surface area (Å²) in [7, 11) is 0. The second kappa shape index (κ2) is 7.21. The zero-order valence-corrected chi connectivity index (χ0v) is 13.6. The molecule has 126 valence electrons. The van der Waals surface area contributed by atoms with Crippen molar-refractivity contribution in [1.29, 1.82) is 0 Å². The number of carbonyl (C=O) groups excluding carboxylic acids is 2. The van der Waals surface area contributed by atoms with Crippen molar-refractivity contribution in [2.45, 2.75) is 25.9 Å². The molecule has 0 unspecified atom stereocenters. The summed E-state index contributed by atoms with van der Waals surface area (Å²) in [4.78, 5) is 28.5. The molecule has 6 nitrogen and oxygen atoms in total. The molecule has 1 aliphatic rings. The van der Waals surface area contributed by atoms with Crippen molar-refractivity contribution in [2.24, 2.45) is 0 Å². The van der Waals surface area contributed by atoms with Crippen LogP contribution in [0.1, 0.15) is 18.9 Å². The second-order valence-corrected chi connectivity index (χ2v) is 5.71. The Bertz CT molecular complexity index is 685. The summed E-state index contributed by atoms with van der Waals surface area (Å²) in [5.41, 5.74) is 1.77. The summed E-state index contributed by atoms with van der Waals surface area (Å²) < 4.78 is 4.99. The van der Waals surface area contributed by atoms with Gasteiger partial charge in [0.15, 0.2) is 0 Å². The molecule has 3 amide bonds. The van der Waals surface area contributed by atoms with E-state index in [1.54, 1.807) is 28.4 Å². The molecule has 2 heterocycles. The lowest BCUT2D eigenvalue weighted by Gasteiger charge is -2.27. The van der Waals surface area contributed by atoms with Crippen LogP contribution in [0.2, 0.25) is 0 Å². The summed E-state index contributed by atoms with van der Waals surface area (Å²) in [5, 5.41) is 2.84. The molecule has 0 saturated carbocycles. The number of urea groups is 1. The molecule has 1 aliphatic heterocycles. The van der Waals surface area contributed by atoms with E-state index in [4.69, 9.17) is 4.42 Å². The van der Waals surface area contributed by atoms with E-state index in [0.717, 1.165) is 11.3 Å². The number of amides is 3. The normalized spacial score (nSPS) is 17.1. The largest absolute Gasteiger partial charge is 0.472 e. The highest BCUT2D eigenvalue weighted by atomic mass is 16.3. The maximum atomic E-state index is 12.7. The van der Waals surface area contributed by atoms with Crippen LogP contribution in [0.4, 0.5) is 10.5 Å². The number of anilines is 1. The zero-order valence-electron chi connectivity index (χ0n) is 13.6. The smallest absolute Gasteiger partial charge is 0.318 e. The summed E-state index contributed by atoms with van der Waals surface area (Å²) in [6.07, 6.45) is 3.80. The van der Waals surface area contributed by atoms with Crippen LogP contribution in [0, 0.1) is 0 Å². The number of nitrogens with zero attached hydrogens (tertiary/aromatic N) is 2. The van der Waals surface area contributed by atoms with E-state index in [1.807, 2.05) is 37.3 Å². The molecule has 1 fully saturated rings. The molecule has 1 aromatic carbocycles. The monoisotopic (exact) mass is 327 g/mol. The molecular weight excluding hydrogens is 306 g/mol. The Morgan fingerprint density at radius 1 is 1.33 bits per heavy atom. The van der Waals surface area contributed by atoms with Crippen LogP contribution in [0.5, 0.6) is 0 Å². The van der Waals surface area contributed by atoms with Crippen molar-refractivity contribution in [1.82, 2.24) is 10.2 Å². The molecule has 0 aliphatic carbocycles. The summed E-state index contributed by atoms with van der Waals surface area (Å²) >= 11 is 0. The molecule has 0 bridgehead atoms. The molecule has 1 saturated heterocycles. The lowest BCUT2D eigenvalue weighted by Crippen LogP contribution is -2.49. The van der Waals surface area contributed by atoms with E-state index < -0.39 is 6.04 Å². The number of nitrogens with one attached hydrogen (secondary N) is 1. The molecule has 24 heavy (non-hydrogen) atoms. The number of benzene rings is 1. The van der Waals surface area contributed by atoms with E-state index >= 15 is 0 Å². The van der Waals surface area contributed by atoms with E-state index in [-0.39, 0.29) is 11.9 Å². The molecule has 3 rings (SSSR count). The first-order chi connectivity index (χ1) is 11.7. The topological polar surface area (TPSA) is 65.8 Å².